The zero-order valence-corrected chi connectivity index (χ0v) is 5.86. The summed E-state index contributed by atoms with van der Waals surface area (Å²) in [5.41, 5.74) is 0. The number of hydrogen-bond donors (Lipinski definition) is 2. The van der Waals surface area contributed by atoms with Crippen molar-refractivity contribution in [1.82, 2.24) is 0 Å². The van der Waals surface area contributed by atoms with Crippen molar-refractivity contribution in [3.05, 3.63) is 0 Å². The van der Waals surface area contributed by atoms with Crippen molar-refractivity contribution in [2.45, 2.75) is 13.0 Å². The summed E-state index contributed by atoms with van der Waals surface area (Å²) in [5.74, 6) is 0.0764. The summed E-state index contributed by atoms with van der Waals surface area (Å²) in [6, 6.07) is 0. The van der Waals surface area contributed by atoms with E-state index in [4.69, 9.17) is 9.89 Å². The van der Waals surface area contributed by atoms with E-state index in [0.29, 0.717) is 0 Å². The standard InChI is InChI=1S/C4H11NO2S/c1-4(6)3-8(2,5)7/h4-6H,3H2,1-2H3. The molecule has 2 N–H and O–H groups in total. The molecule has 0 saturated heterocycles. The van der Waals surface area contributed by atoms with Crippen LogP contribution in [0.25, 0.3) is 0 Å². The molecule has 0 fully saturated rings. The lowest BCUT2D eigenvalue weighted by atomic mass is 10.5. The topological polar surface area (TPSA) is 61.1 Å². The van der Waals surface area contributed by atoms with Gasteiger partial charge in [-0.25, -0.2) is 0 Å². The quantitative estimate of drug-likeness (QED) is 0.564. The second kappa shape index (κ2) is 2.46. The van der Waals surface area contributed by atoms with Crippen molar-refractivity contribution in [2.24, 2.45) is 0 Å². The van der Waals surface area contributed by atoms with E-state index in [9.17, 15) is 4.21 Å². The molecule has 0 aromatic rings. The second-order valence-corrected chi connectivity index (χ2v) is 4.36. The first-order chi connectivity index (χ1) is 3.42. The van der Waals surface area contributed by atoms with Gasteiger partial charge in [-0.1, -0.05) is 0 Å². The van der Waals surface area contributed by atoms with Crippen molar-refractivity contribution >= 4 is 9.73 Å². The van der Waals surface area contributed by atoms with E-state index in [1.807, 2.05) is 0 Å². The van der Waals surface area contributed by atoms with Crippen LogP contribution < -0.4 is 0 Å². The molecule has 2 unspecified atom stereocenters. The van der Waals surface area contributed by atoms with Gasteiger partial charge in [-0.3, -0.25) is 8.99 Å². The Labute approximate surface area is 49.7 Å². The van der Waals surface area contributed by atoms with Crippen LogP contribution >= 0.6 is 0 Å². The minimum Gasteiger partial charge on any atom is -0.392 e. The number of aliphatic hydroxyl groups excluding tert-OH is 1. The Morgan fingerprint density at radius 2 is 2.25 bits per heavy atom. The van der Waals surface area contributed by atoms with Gasteiger partial charge in [-0.15, -0.1) is 0 Å². The Morgan fingerprint density at radius 1 is 1.88 bits per heavy atom. The monoisotopic (exact) mass is 137 g/mol. The minimum atomic E-state index is -2.47. The first kappa shape index (κ1) is 7.91. The highest BCUT2D eigenvalue weighted by molar-refractivity contribution is 7.91. The fraction of sp³-hybridized carbons (Fsp3) is 1.00. The third-order valence-electron chi connectivity index (χ3n) is 0.559. The van der Waals surface area contributed by atoms with Gasteiger partial charge in [0, 0.05) is 16.0 Å². The molecule has 0 amide bonds. The minimum absolute atomic E-state index is 0.0764. The highest BCUT2D eigenvalue weighted by Gasteiger charge is 2.01. The Hall–Kier alpha value is -0.0900. The molecule has 0 aliphatic heterocycles. The molecule has 0 aromatic heterocycles. The van der Waals surface area contributed by atoms with E-state index in [1.165, 1.54) is 13.2 Å². The highest BCUT2D eigenvalue weighted by atomic mass is 32.2. The van der Waals surface area contributed by atoms with E-state index in [0.717, 1.165) is 0 Å². The third-order valence-corrected chi connectivity index (χ3v) is 1.68. The first-order valence-electron chi connectivity index (χ1n) is 2.31. The van der Waals surface area contributed by atoms with Crippen LogP contribution in [0.3, 0.4) is 0 Å². The van der Waals surface area contributed by atoms with Gasteiger partial charge in [0.2, 0.25) is 0 Å². The van der Waals surface area contributed by atoms with Crippen molar-refractivity contribution in [1.29, 1.82) is 4.78 Å². The van der Waals surface area contributed by atoms with Crippen molar-refractivity contribution < 1.29 is 9.32 Å². The molecule has 0 heterocycles. The molecule has 3 nitrogen and oxygen atoms in total. The van der Waals surface area contributed by atoms with Gasteiger partial charge in [-0.2, -0.15) is 0 Å². The zero-order valence-electron chi connectivity index (χ0n) is 5.05. The van der Waals surface area contributed by atoms with Crippen molar-refractivity contribution in [3.63, 3.8) is 0 Å². The maximum atomic E-state index is 10.5. The molecule has 8 heavy (non-hydrogen) atoms. The highest BCUT2D eigenvalue weighted by Crippen LogP contribution is 1.88. The third kappa shape index (κ3) is 5.91. The van der Waals surface area contributed by atoms with Crippen molar-refractivity contribution in [3.8, 4) is 0 Å². The van der Waals surface area contributed by atoms with Crippen LogP contribution in [0.4, 0.5) is 0 Å². The lowest BCUT2D eigenvalue weighted by molar-refractivity contribution is 0.219. The predicted molar refractivity (Wildman–Crippen MR) is 33.3 cm³/mol. The van der Waals surface area contributed by atoms with Gasteiger partial charge >= 0.3 is 0 Å². The van der Waals surface area contributed by atoms with Gasteiger partial charge in [0.25, 0.3) is 0 Å². The van der Waals surface area contributed by atoms with Crippen LogP contribution in [0.1, 0.15) is 6.92 Å². The number of hydrogen-bond acceptors (Lipinski definition) is 3. The molecule has 0 aliphatic carbocycles. The molecule has 0 spiro atoms. The number of nitrogens with one attached hydrogen (secondary N) is 1. The van der Waals surface area contributed by atoms with E-state index >= 15 is 0 Å². The van der Waals surface area contributed by atoms with Crippen LogP contribution in [0.5, 0.6) is 0 Å². The van der Waals surface area contributed by atoms with Gasteiger partial charge in [-0.05, 0) is 6.92 Å². The Kier molecular flexibility index (Phi) is 2.43. The predicted octanol–water partition coefficient (Wildman–Crippen LogP) is 0.0438. The summed E-state index contributed by atoms with van der Waals surface area (Å²) in [7, 11) is -2.47. The summed E-state index contributed by atoms with van der Waals surface area (Å²) in [6.07, 6.45) is 0.699. The van der Waals surface area contributed by atoms with E-state index in [2.05, 4.69) is 0 Å². The summed E-state index contributed by atoms with van der Waals surface area (Å²) >= 11 is 0. The molecule has 0 bridgehead atoms. The van der Waals surface area contributed by atoms with Crippen LogP contribution in [0, 0.1) is 4.78 Å². The molecular formula is C4H11NO2S. The van der Waals surface area contributed by atoms with Gasteiger partial charge in [0.1, 0.15) is 0 Å². The molecule has 4 heteroatoms. The second-order valence-electron chi connectivity index (χ2n) is 2.02. The van der Waals surface area contributed by atoms with E-state index in [-0.39, 0.29) is 5.75 Å². The smallest absolute Gasteiger partial charge is 0.0635 e. The Balaban J connectivity index is 3.75. The zero-order chi connectivity index (χ0) is 6.78. The lowest BCUT2D eigenvalue weighted by Crippen LogP contribution is -2.14. The number of rotatable bonds is 2. The van der Waals surface area contributed by atoms with Crippen LogP contribution in [0.2, 0.25) is 0 Å². The van der Waals surface area contributed by atoms with Crippen LogP contribution in [-0.4, -0.2) is 27.4 Å². The molecule has 0 saturated carbocycles. The summed E-state index contributed by atoms with van der Waals surface area (Å²) in [4.78, 5) is 0. The largest absolute Gasteiger partial charge is 0.392 e. The lowest BCUT2D eigenvalue weighted by Gasteiger charge is -2.01. The van der Waals surface area contributed by atoms with E-state index in [1.54, 1.807) is 0 Å². The van der Waals surface area contributed by atoms with Gasteiger partial charge in [0.15, 0.2) is 0 Å². The normalized spacial score (nSPS) is 21.9. The maximum Gasteiger partial charge on any atom is 0.0635 e. The molecule has 0 aromatic carbocycles. The molecule has 50 valence electrons. The molecule has 2 atom stereocenters. The molecule has 0 rings (SSSR count). The van der Waals surface area contributed by atoms with Crippen molar-refractivity contribution in [2.75, 3.05) is 12.0 Å². The molecule has 0 aliphatic rings. The number of aliphatic hydroxyl groups is 1. The Bertz CT molecular complexity index is 147. The average molecular weight is 137 g/mol. The molecule has 0 radical (unpaired) electrons. The van der Waals surface area contributed by atoms with Crippen LogP contribution in [-0.2, 0) is 9.73 Å². The first-order valence-corrected chi connectivity index (χ1v) is 4.45. The van der Waals surface area contributed by atoms with E-state index < -0.39 is 15.8 Å². The van der Waals surface area contributed by atoms with Gasteiger partial charge < -0.3 is 5.11 Å². The fourth-order valence-electron chi connectivity index (χ4n) is 0.460. The SMILES string of the molecule is CC(O)CS(C)(=N)=O. The summed E-state index contributed by atoms with van der Waals surface area (Å²) < 4.78 is 17.3. The fourth-order valence-corrected chi connectivity index (χ4v) is 1.38. The molecular weight excluding hydrogens is 126 g/mol. The van der Waals surface area contributed by atoms with Crippen LogP contribution in [0.15, 0.2) is 0 Å². The Morgan fingerprint density at radius 3 is 2.25 bits per heavy atom. The van der Waals surface area contributed by atoms with Gasteiger partial charge in [0.05, 0.1) is 11.9 Å². The average Bonchev–Trinajstić information content (AvgIpc) is 1.21. The maximum absolute atomic E-state index is 10.5. The summed E-state index contributed by atoms with van der Waals surface area (Å²) in [6.45, 7) is 1.53. The summed E-state index contributed by atoms with van der Waals surface area (Å²) in [5, 5.41) is 8.59.